The van der Waals surface area contributed by atoms with Gasteiger partial charge in [-0.1, -0.05) is 36.4 Å². The minimum atomic E-state index is 0. The molecule has 0 aromatic heterocycles. The zero-order chi connectivity index (χ0) is 16.9. The topological polar surface area (TPSA) is 55.6 Å². The van der Waals surface area contributed by atoms with Crippen LogP contribution in [0.2, 0.25) is 0 Å². The molecule has 1 heterocycles. The molecule has 2 aromatic rings. The molecule has 0 saturated carbocycles. The fourth-order valence-corrected chi connectivity index (χ4v) is 3.10. The summed E-state index contributed by atoms with van der Waals surface area (Å²) >= 11 is 0. The van der Waals surface area contributed by atoms with Crippen LogP contribution in [-0.4, -0.2) is 30.1 Å². The van der Waals surface area contributed by atoms with Gasteiger partial charge in [0.25, 0.3) is 5.91 Å². The number of benzene rings is 2. The summed E-state index contributed by atoms with van der Waals surface area (Å²) in [4.78, 5) is 15.0. The highest BCUT2D eigenvalue weighted by atomic mass is 35.5. The smallest absolute Gasteiger partial charge is 0.254 e. The summed E-state index contributed by atoms with van der Waals surface area (Å²) in [5.74, 6) is 0.0131. The highest BCUT2D eigenvalue weighted by Crippen LogP contribution is 2.20. The van der Waals surface area contributed by atoms with E-state index in [4.69, 9.17) is 10.5 Å². The van der Waals surface area contributed by atoms with Gasteiger partial charge in [0, 0.05) is 30.9 Å². The van der Waals surface area contributed by atoms with Gasteiger partial charge in [-0.25, -0.2) is 0 Å². The maximum Gasteiger partial charge on any atom is 0.254 e. The number of ether oxygens (including phenoxy) is 1. The van der Waals surface area contributed by atoms with Crippen LogP contribution in [0, 0.1) is 6.92 Å². The highest BCUT2D eigenvalue weighted by Gasteiger charge is 2.24. The van der Waals surface area contributed by atoms with Crippen LogP contribution in [0.4, 0.5) is 5.69 Å². The Morgan fingerprint density at radius 1 is 1.24 bits per heavy atom. The lowest BCUT2D eigenvalue weighted by Gasteiger charge is -2.26. The number of rotatable bonds is 5. The molecule has 1 atom stereocenters. The average Bonchev–Trinajstić information content (AvgIpc) is 3.10. The van der Waals surface area contributed by atoms with Crippen LogP contribution in [0.1, 0.15) is 34.3 Å². The Balaban J connectivity index is 0.00000225. The van der Waals surface area contributed by atoms with E-state index in [1.807, 2.05) is 54.3 Å². The van der Waals surface area contributed by atoms with E-state index in [9.17, 15) is 4.79 Å². The summed E-state index contributed by atoms with van der Waals surface area (Å²) in [7, 11) is 0. The average molecular weight is 361 g/mol. The van der Waals surface area contributed by atoms with E-state index in [1.54, 1.807) is 6.07 Å². The van der Waals surface area contributed by atoms with Crippen molar-refractivity contribution in [3.63, 3.8) is 0 Å². The number of anilines is 1. The Morgan fingerprint density at radius 2 is 2.00 bits per heavy atom. The summed E-state index contributed by atoms with van der Waals surface area (Å²) < 4.78 is 5.74. The number of nitrogens with two attached hydrogens (primary N) is 1. The Hall–Kier alpha value is -2.04. The lowest BCUT2D eigenvalue weighted by atomic mass is 10.1. The second kappa shape index (κ2) is 8.88. The number of hydrogen-bond donors (Lipinski definition) is 1. The first kappa shape index (κ1) is 19.3. The number of carbonyl (C=O) groups excluding carboxylic acids is 1. The Labute approximate surface area is 155 Å². The monoisotopic (exact) mass is 360 g/mol. The Bertz CT molecular complexity index is 700. The van der Waals surface area contributed by atoms with Crippen molar-refractivity contribution in [3.05, 3.63) is 65.2 Å². The fourth-order valence-electron chi connectivity index (χ4n) is 3.10. The number of halogens is 1. The first-order valence-corrected chi connectivity index (χ1v) is 8.44. The van der Waals surface area contributed by atoms with Crippen LogP contribution in [0.3, 0.4) is 0 Å². The first-order chi connectivity index (χ1) is 11.6. The molecule has 0 radical (unpaired) electrons. The van der Waals surface area contributed by atoms with Crippen LogP contribution in [0.15, 0.2) is 48.5 Å². The molecule has 3 rings (SSSR count). The van der Waals surface area contributed by atoms with Crippen molar-refractivity contribution in [2.45, 2.75) is 32.4 Å². The fraction of sp³-hybridized carbons (Fsp3) is 0.350. The van der Waals surface area contributed by atoms with E-state index >= 15 is 0 Å². The third kappa shape index (κ3) is 4.97. The number of nitrogen functional groups attached to an aromatic ring is 1. The van der Waals surface area contributed by atoms with Gasteiger partial charge >= 0.3 is 0 Å². The largest absolute Gasteiger partial charge is 0.399 e. The van der Waals surface area contributed by atoms with Crippen LogP contribution >= 0.6 is 12.4 Å². The molecule has 0 aliphatic carbocycles. The number of amides is 1. The molecule has 1 aliphatic heterocycles. The van der Waals surface area contributed by atoms with E-state index in [2.05, 4.69) is 0 Å². The SMILES string of the molecule is Cc1ccc(N)cc1C(=O)N(Cc1ccccc1)CC1CCCO1.Cl. The van der Waals surface area contributed by atoms with Crippen molar-refractivity contribution in [2.75, 3.05) is 18.9 Å². The van der Waals surface area contributed by atoms with Crippen LogP contribution in [0.5, 0.6) is 0 Å². The molecule has 1 unspecified atom stereocenters. The Morgan fingerprint density at radius 3 is 2.68 bits per heavy atom. The van der Waals surface area contributed by atoms with Gasteiger partial charge in [-0.3, -0.25) is 4.79 Å². The van der Waals surface area contributed by atoms with Crippen molar-refractivity contribution in [1.29, 1.82) is 0 Å². The molecular weight excluding hydrogens is 336 g/mol. The quantitative estimate of drug-likeness (QED) is 0.824. The zero-order valence-corrected chi connectivity index (χ0v) is 15.3. The molecule has 5 heteroatoms. The van der Waals surface area contributed by atoms with Crippen molar-refractivity contribution >= 4 is 24.0 Å². The molecule has 0 bridgehead atoms. The van der Waals surface area contributed by atoms with Crippen LogP contribution in [-0.2, 0) is 11.3 Å². The minimum absolute atomic E-state index is 0. The normalized spacial score (nSPS) is 16.3. The number of aryl methyl sites for hydroxylation is 1. The van der Waals surface area contributed by atoms with E-state index in [-0.39, 0.29) is 24.4 Å². The molecule has 4 nitrogen and oxygen atoms in total. The van der Waals surface area contributed by atoms with E-state index in [1.165, 1.54) is 0 Å². The lowest BCUT2D eigenvalue weighted by molar-refractivity contribution is 0.0507. The zero-order valence-electron chi connectivity index (χ0n) is 14.5. The molecule has 2 aromatic carbocycles. The lowest BCUT2D eigenvalue weighted by Crippen LogP contribution is -2.37. The Kier molecular flexibility index (Phi) is 6.85. The third-order valence-electron chi connectivity index (χ3n) is 4.44. The van der Waals surface area contributed by atoms with Crippen molar-refractivity contribution in [2.24, 2.45) is 0 Å². The molecule has 0 spiro atoms. The van der Waals surface area contributed by atoms with Gasteiger partial charge < -0.3 is 15.4 Å². The molecular formula is C20H25ClN2O2. The summed E-state index contributed by atoms with van der Waals surface area (Å²) in [5.41, 5.74) is 9.23. The molecule has 2 N–H and O–H groups in total. The number of nitrogens with zero attached hydrogens (tertiary/aromatic N) is 1. The number of hydrogen-bond acceptors (Lipinski definition) is 3. The van der Waals surface area contributed by atoms with Crippen molar-refractivity contribution < 1.29 is 9.53 Å². The summed E-state index contributed by atoms with van der Waals surface area (Å²) in [5, 5.41) is 0. The van der Waals surface area contributed by atoms with Crippen molar-refractivity contribution in [1.82, 2.24) is 4.90 Å². The minimum Gasteiger partial charge on any atom is -0.399 e. The predicted octanol–water partition coefficient (Wildman–Crippen LogP) is 3.82. The van der Waals surface area contributed by atoms with Gasteiger partial charge in [-0.2, -0.15) is 0 Å². The molecule has 1 aliphatic rings. The second-order valence-electron chi connectivity index (χ2n) is 6.38. The van der Waals surface area contributed by atoms with E-state index in [0.717, 1.165) is 30.6 Å². The molecule has 1 amide bonds. The summed E-state index contributed by atoms with van der Waals surface area (Å²) in [6.07, 6.45) is 2.20. The van der Waals surface area contributed by atoms with Gasteiger partial charge in [-0.15, -0.1) is 12.4 Å². The van der Waals surface area contributed by atoms with Crippen molar-refractivity contribution in [3.8, 4) is 0 Å². The van der Waals surface area contributed by atoms with Gasteiger partial charge in [-0.05, 0) is 43.0 Å². The van der Waals surface area contributed by atoms with Gasteiger partial charge in [0.05, 0.1) is 6.10 Å². The summed E-state index contributed by atoms with van der Waals surface area (Å²) in [6.45, 7) is 3.92. The van der Waals surface area contributed by atoms with E-state index < -0.39 is 0 Å². The molecule has 134 valence electrons. The van der Waals surface area contributed by atoms with E-state index in [0.29, 0.717) is 24.3 Å². The first-order valence-electron chi connectivity index (χ1n) is 8.44. The predicted molar refractivity (Wildman–Crippen MR) is 103 cm³/mol. The molecule has 1 saturated heterocycles. The van der Waals surface area contributed by atoms with Crippen LogP contribution < -0.4 is 5.73 Å². The second-order valence-corrected chi connectivity index (χ2v) is 6.38. The standard InChI is InChI=1S/C20H24N2O2.ClH/c1-15-9-10-17(21)12-19(15)20(23)22(14-18-8-5-11-24-18)13-16-6-3-2-4-7-16;/h2-4,6-7,9-10,12,18H,5,8,11,13-14,21H2,1H3;1H. The maximum absolute atomic E-state index is 13.1. The molecule has 25 heavy (non-hydrogen) atoms. The number of carbonyl (C=O) groups is 1. The third-order valence-corrected chi connectivity index (χ3v) is 4.44. The highest BCUT2D eigenvalue weighted by molar-refractivity contribution is 5.96. The van der Waals surface area contributed by atoms with Gasteiger partial charge in [0.1, 0.15) is 0 Å². The van der Waals surface area contributed by atoms with Gasteiger partial charge in [0.15, 0.2) is 0 Å². The van der Waals surface area contributed by atoms with Gasteiger partial charge in [0.2, 0.25) is 0 Å². The maximum atomic E-state index is 13.1. The molecule has 1 fully saturated rings. The summed E-state index contributed by atoms with van der Waals surface area (Å²) in [6, 6.07) is 15.6. The van der Waals surface area contributed by atoms with Crippen LogP contribution in [0.25, 0.3) is 0 Å².